The molecular weight excluding hydrogens is 318 g/mol. The maximum absolute atomic E-state index is 12.6. The van der Waals surface area contributed by atoms with Gasteiger partial charge in [-0.05, 0) is 25.3 Å². The van der Waals surface area contributed by atoms with Crippen LogP contribution in [0, 0.1) is 6.92 Å². The number of nitrogens with zero attached hydrogens (tertiary/aromatic N) is 2. The summed E-state index contributed by atoms with van der Waals surface area (Å²) in [5.41, 5.74) is 2.33. The van der Waals surface area contributed by atoms with Crippen LogP contribution in [0.3, 0.4) is 0 Å². The number of aromatic amines is 1. The van der Waals surface area contributed by atoms with Crippen molar-refractivity contribution in [3.63, 3.8) is 0 Å². The molecule has 1 amide bonds. The summed E-state index contributed by atoms with van der Waals surface area (Å²) in [6, 6.07) is 9.67. The van der Waals surface area contributed by atoms with E-state index in [0.717, 1.165) is 18.4 Å². The fraction of sp³-hybridized carbons (Fsp3) is 0.421. The second kappa shape index (κ2) is 7.61. The van der Waals surface area contributed by atoms with E-state index >= 15 is 0 Å². The number of carbonyl (C=O) groups excluding carboxylic acids is 1. The van der Waals surface area contributed by atoms with E-state index < -0.39 is 0 Å². The molecule has 2 heterocycles. The highest BCUT2D eigenvalue weighted by Crippen LogP contribution is 2.29. The Bertz CT molecular complexity index is 801. The van der Waals surface area contributed by atoms with E-state index in [2.05, 4.69) is 9.97 Å². The molecule has 1 saturated heterocycles. The van der Waals surface area contributed by atoms with Gasteiger partial charge >= 0.3 is 0 Å². The minimum Gasteiger partial charge on any atom is -0.375 e. The molecule has 1 atom stereocenters. The van der Waals surface area contributed by atoms with E-state index in [-0.39, 0.29) is 24.1 Å². The summed E-state index contributed by atoms with van der Waals surface area (Å²) in [5, 5.41) is 0. The summed E-state index contributed by atoms with van der Waals surface area (Å²) in [4.78, 5) is 34.1. The maximum Gasteiger partial charge on any atom is 0.254 e. The molecule has 0 aliphatic carbocycles. The lowest BCUT2D eigenvalue weighted by Crippen LogP contribution is -2.35. The molecule has 132 valence electrons. The molecule has 0 radical (unpaired) electrons. The number of rotatable bonds is 5. The Morgan fingerprint density at radius 1 is 1.36 bits per heavy atom. The van der Waals surface area contributed by atoms with Crippen molar-refractivity contribution < 1.29 is 9.53 Å². The number of aromatic nitrogens is 2. The van der Waals surface area contributed by atoms with Crippen LogP contribution < -0.4 is 5.56 Å². The quantitative estimate of drug-likeness (QED) is 0.902. The van der Waals surface area contributed by atoms with Crippen LogP contribution >= 0.6 is 0 Å². The smallest absolute Gasteiger partial charge is 0.254 e. The van der Waals surface area contributed by atoms with Crippen molar-refractivity contribution in [2.24, 2.45) is 0 Å². The summed E-state index contributed by atoms with van der Waals surface area (Å²) < 4.78 is 4.95. The fourth-order valence-electron chi connectivity index (χ4n) is 3.35. The Morgan fingerprint density at radius 2 is 2.12 bits per heavy atom. The molecule has 0 saturated carbocycles. The topological polar surface area (TPSA) is 75.3 Å². The second-order valence-corrected chi connectivity index (χ2v) is 6.36. The molecule has 6 nitrogen and oxygen atoms in total. The van der Waals surface area contributed by atoms with Crippen molar-refractivity contribution in [2.75, 3.05) is 20.3 Å². The summed E-state index contributed by atoms with van der Waals surface area (Å²) in [6.07, 6.45) is 2.25. The van der Waals surface area contributed by atoms with Gasteiger partial charge < -0.3 is 14.6 Å². The maximum atomic E-state index is 12.6. The van der Waals surface area contributed by atoms with Crippen molar-refractivity contribution in [3.05, 3.63) is 63.3 Å². The molecule has 1 N–H and O–H groups in total. The summed E-state index contributed by atoms with van der Waals surface area (Å²) in [6.45, 7) is 2.57. The highest BCUT2D eigenvalue weighted by molar-refractivity contribution is 5.78. The summed E-state index contributed by atoms with van der Waals surface area (Å²) in [7, 11) is 1.51. The van der Waals surface area contributed by atoms with Crippen molar-refractivity contribution in [3.8, 4) is 0 Å². The number of hydrogen-bond donors (Lipinski definition) is 1. The second-order valence-electron chi connectivity index (χ2n) is 6.36. The Labute approximate surface area is 146 Å². The average molecular weight is 341 g/mol. The lowest BCUT2D eigenvalue weighted by atomic mass is 10.0. The number of carbonyl (C=O) groups is 1. The Morgan fingerprint density at radius 3 is 2.80 bits per heavy atom. The first-order chi connectivity index (χ1) is 12.1. The van der Waals surface area contributed by atoms with E-state index in [1.807, 2.05) is 37.3 Å². The first-order valence-electron chi connectivity index (χ1n) is 8.52. The predicted molar refractivity (Wildman–Crippen MR) is 94.4 cm³/mol. The molecule has 1 aliphatic rings. The van der Waals surface area contributed by atoms with Gasteiger partial charge in [-0.15, -0.1) is 0 Å². The largest absolute Gasteiger partial charge is 0.375 e. The van der Waals surface area contributed by atoms with Crippen molar-refractivity contribution in [2.45, 2.75) is 32.2 Å². The first-order valence-corrected chi connectivity index (χ1v) is 8.52. The van der Waals surface area contributed by atoms with Gasteiger partial charge in [-0.1, -0.05) is 30.3 Å². The molecular formula is C19H23N3O3. The van der Waals surface area contributed by atoms with Gasteiger partial charge in [0, 0.05) is 31.3 Å². The van der Waals surface area contributed by atoms with Crippen molar-refractivity contribution >= 4 is 5.91 Å². The highest BCUT2D eigenvalue weighted by Gasteiger charge is 2.31. The van der Waals surface area contributed by atoms with Crippen LogP contribution in [-0.4, -0.2) is 41.0 Å². The monoisotopic (exact) mass is 341 g/mol. The van der Waals surface area contributed by atoms with E-state index in [9.17, 15) is 9.59 Å². The molecule has 3 rings (SSSR count). The van der Waals surface area contributed by atoms with Crippen LogP contribution in [-0.2, 0) is 16.0 Å². The van der Waals surface area contributed by atoms with Gasteiger partial charge in [0.1, 0.15) is 12.4 Å². The molecule has 1 aromatic carbocycles. The number of aryl methyl sites for hydroxylation is 1. The third-order valence-electron chi connectivity index (χ3n) is 4.62. The molecule has 2 aromatic rings. The highest BCUT2D eigenvalue weighted by atomic mass is 16.5. The first kappa shape index (κ1) is 17.4. The van der Waals surface area contributed by atoms with Gasteiger partial charge in [-0.2, -0.15) is 0 Å². The molecule has 6 heteroatoms. The average Bonchev–Trinajstić information content (AvgIpc) is 3.09. The number of methoxy groups -OCH3 is 1. The fourth-order valence-corrected chi connectivity index (χ4v) is 3.35. The third-order valence-corrected chi connectivity index (χ3v) is 4.62. The van der Waals surface area contributed by atoms with Crippen LogP contribution in [0.5, 0.6) is 0 Å². The Balaban J connectivity index is 1.87. The summed E-state index contributed by atoms with van der Waals surface area (Å²) in [5.74, 6) is 0.500. The lowest BCUT2D eigenvalue weighted by molar-refractivity contribution is -0.136. The minimum absolute atomic E-state index is 0.0474. The molecule has 25 heavy (non-hydrogen) atoms. The minimum atomic E-state index is -0.181. The van der Waals surface area contributed by atoms with Crippen LogP contribution in [0.25, 0.3) is 0 Å². The summed E-state index contributed by atoms with van der Waals surface area (Å²) >= 11 is 0. The van der Waals surface area contributed by atoms with E-state index in [1.54, 1.807) is 4.90 Å². The number of amides is 1. The molecule has 0 spiro atoms. The molecule has 1 aliphatic heterocycles. The van der Waals surface area contributed by atoms with Gasteiger partial charge in [0.05, 0.1) is 6.04 Å². The lowest BCUT2D eigenvalue weighted by Gasteiger charge is -2.24. The van der Waals surface area contributed by atoms with Crippen LogP contribution in [0.15, 0.2) is 35.1 Å². The number of ether oxygens (including phenoxy) is 1. The zero-order valence-electron chi connectivity index (χ0n) is 14.6. The Kier molecular flexibility index (Phi) is 5.28. The number of benzene rings is 1. The van der Waals surface area contributed by atoms with Gasteiger partial charge in [0.25, 0.3) is 5.56 Å². The number of H-pyrrole nitrogens is 1. The standard InChI is InChI=1S/C19H23N3O3/c1-13-15(11-14-7-4-3-5-8-14)19(24)21-18(20-13)16-9-6-10-22(16)17(23)12-25-2/h3-5,7-8,16H,6,9-12H2,1-2H3,(H,20,21,24)/t16-/m1/s1. The van der Waals surface area contributed by atoms with Crippen molar-refractivity contribution in [1.82, 2.24) is 14.9 Å². The van der Waals surface area contributed by atoms with E-state index in [0.29, 0.717) is 30.0 Å². The molecule has 0 unspecified atom stereocenters. The van der Waals surface area contributed by atoms with Gasteiger partial charge in [0.15, 0.2) is 0 Å². The number of nitrogens with one attached hydrogen (secondary N) is 1. The molecule has 1 aromatic heterocycles. The molecule has 1 fully saturated rings. The number of likely N-dealkylation sites (tertiary alicyclic amines) is 1. The Hall–Kier alpha value is -2.47. The van der Waals surface area contributed by atoms with Crippen LogP contribution in [0.4, 0.5) is 0 Å². The zero-order valence-corrected chi connectivity index (χ0v) is 14.6. The predicted octanol–water partition coefficient (Wildman–Crippen LogP) is 1.98. The van der Waals surface area contributed by atoms with Crippen LogP contribution in [0.1, 0.15) is 41.5 Å². The molecule has 0 bridgehead atoms. The zero-order chi connectivity index (χ0) is 17.8. The number of hydrogen-bond acceptors (Lipinski definition) is 4. The van der Waals surface area contributed by atoms with E-state index in [4.69, 9.17) is 4.74 Å². The van der Waals surface area contributed by atoms with Gasteiger partial charge in [0.2, 0.25) is 5.91 Å². The van der Waals surface area contributed by atoms with Crippen molar-refractivity contribution in [1.29, 1.82) is 0 Å². The van der Waals surface area contributed by atoms with Gasteiger partial charge in [-0.3, -0.25) is 9.59 Å². The SMILES string of the molecule is COCC(=O)N1CCC[C@@H]1c1nc(C)c(Cc2ccccc2)c(=O)[nH]1. The van der Waals surface area contributed by atoms with E-state index in [1.165, 1.54) is 7.11 Å². The normalized spacial score (nSPS) is 17.0. The van der Waals surface area contributed by atoms with Crippen LogP contribution in [0.2, 0.25) is 0 Å². The van der Waals surface area contributed by atoms with Gasteiger partial charge in [-0.25, -0.2) is 4.98 Å². The third kappa shape index (κ3) is 3.79.